The number of nitrogens with zero attached hydrogens (tertiary/aromatic N) is 5. The SMILES string of the molecule is CCCn1c(=O)c2[nH]c(-c3ccc(OCC(=O)NCCNC(=O)CCCCCNS(=O)(=O)c4ccc(C5=c6cc7c8c(c6Oc6c5cc5c9c6CCCN9CCC5)CCC[N+]=8CCC7)c(S(=O)(=O)[O-])c4)cc3)nc2n(CCC)c1=O. The molecule has 20 nitrogen and oxygen atoms in total. The summed E-state index contributed by atoms with van der Waals surface area (Å²) in [4.78, 5) is 60.5. The highest BCUT2D eigenvalue weighted by molar-refractivity contribution is 7.89. The molecule has 422 valence electrons. The highest BCUT2D eigenvalue weighted by Crippen LogP contribution is 2.49. The third kappa shape index (κ3) is 10.7. The number of ether oxygens (including phenoxy) is 2. The lowest BCUT2D eigenvalue weighted by molar-refractivity contribution is -0.124. The molecule has 0 bridgehead atoms. The zero-order valence-corrected chi connectivity index (χ0v) is 46.8. The molecule has 0 unspecified atom stereocenters. The van der Waals surface area contributed by atoms with E-state index < -0.39 is 36.5 Å². The number of amides is 2. The van der Waals surface area contributed by atoms with Crippen molar-refractivity contribution in [3.05, 3.63) is 119 Å². The van der Waals surface area contributed by atoms with Crippen LogP contribution in [0.4, 0.5) is 5.69 Å². The zero-order valence-electron chi connectivity index (χ0n) is 45.2. The average molecular weight is 1130 g/mol. The van der Waals surface area contributed by atoms with Gasteiger partial charge in [-0.3, -0.25) is 23.5 Å². The van der Waals surface area contributed by atoms with Gasteiger partial charge in [-0.2, -0.15) is 0 Å². The van der Waals surface area contributed by atoms with Crippen molar-refractivity contribution in [2.45, 2.75) is 127 Å². The average Bonchev–Trinajstić information content (AvgIpc) is 3.93. The molecule has 7 heterocycles. The monoisotopic (exact) mass is 1130 g/mol. The van der Waals surface area contributed by atoms with Crippen LogP contribution in [-0.2, 0) is 68.5 Å². The van der Waals surface area contributed by atoms with E-state index in [1.165, 1.54) is 32.3 Å². The topological polar surface area (TPSA) is 259 Å². The van der Waals surface area contributed by atoms with Crippen LogP contribution in [0.2, 0.25) is 0 Å². The van der Waals surface area contributed by atoms with Crippen molar-refractivity contribution in [1.29, 1.82) is 0 Å². The Morgan fingerprint density at radius 3 is 2.25 bits per heavy atom. The van der Waals surface area contributed by atoms with E-state index in [0.29, 0.717) is 85.1 Å². The van der Waals surface area contributed by atoms with E-state index in [2.05, 4.69) is 46.9 Å². The third-order valence-electron chi connectivity index (χ3n) is 15.9. The van der Waals surface area contributed by atoms with Gasteiger partial charge in [-0.05, 0) is 118 Å². The molecule has 0 fully saturated rings. The summed E-state index contributed by atoms with van der Waals surface area (Å²) in [5.74, 6) is 1.59. The van der Waals surface area contributed by atoms with Gasteiger partial charge in [-0.15, -0.1) is 0 Å². The highest BCUT2D eigenvalue weighted by Gasteiger charge is 2.37. The summed E-state index contributed by atoms with van der Waals surface area (Å²) in [6.07, 6.45) is 10.0. The molecular formula is C58H67N9O11S2. The molecule has 80 heavy (non-hydrogen) atoms. The Bertz CT molecular complexity index is 3960. The second-order valence-corrected chi connectivity index (χ2v) is 24.5. The maximum atomic E-state index is 13.8. The van der Waals surface area contributed by atoms with Crippen LogP contribution in [0.3, 0.4) is 0 Å². The van der Waals surface area contributed by atoms with Crippen LogP contribution >= 0.6 is 0 Å². The van der Waals surface area contributed by atoms with Gasteiger partial charge < -0.3 is 34.5 Å². The van der Waals surface area contributed by atoms with E-state index in [4.69, 9.17) is 9.47 Å². The Morgan fingerprint density at radius 1 is 0.775 bits per heavy atom. The summed E-state index contributed by atoms with van der Waals surface area (Å²) >= 11 is 0. The fourth-order valence-electron chi connectivity index (χ4n) is 12.3. The van der Waals surface area contributed by atoms with Gasteiger partial charge in [0.1, 0.15) is 51.8 Å². The molecule has 4 aromatic carbocycles. The minimum atomic E-state index is -5.22. The van der Waals surface area contributed by atoms with Gasteiger partial charge in [0, 0.05) is 109 Å². The van der Waals surface area contributed by atoms with Crippen molar-refractivity contribution in [2.24, 2.45) is 0 Å². The number of rotatable bonds is 21. The van der Waals surface area contributed by atoms with Gasteiger partial charge in [0.05, 0.1) is 15.4 Å². The van der Waals surface area contributed by atoms with E-state index in [-0.39, 0.29) is 60.2 Å². The first-order valence-electron chi connectivity index (χ1n) is 28.2. The molecule has 2 aromatic heterocycles. The van der Waals surface area contributed by atoms with E-state index in [1.807, 2.05) is 13.8 Å². The number of carbonyl (C=O) groups excluding carboxylic acids is 2. The van der Waals surface area contributed by atoms with E-state index in [9.17, 15) is 40.6 Å². The van der Waals surface area contributed by atoms with Crippen LogP contribution in [0.15, 0.2) is 74.0 Å². The molecule has 0 spiro atoms. The number of nitrogens with one attached hydrogen (secondary N) is 4. The number of aryl methyl sites for hydroxylation is 3. The molecule has 22 heteroatoms. The Labute approximate surface area is 463 Å². The van der Waals surface area contributed by atoms with Crippen LogP contribution in [0.25, 0.3) is 28.1 Å². The molecule has 6 aromatic rings. The fourth-order valence-corrected chi connectivity index (χ4v) is 14.2. The number of H-pyrrole nitrogens is 1. The Hall–Kier alpha value is -7.14. The number of sulfonamides is 1. The number of unbranched alkanes of at least 4 members (excludes halogenated alkanes) is 2. The molecule has 0 aliphatic carbocycles. The predicted octanol–water partition coefficient (Wildman–Crippen LogP) is 3.86. The minimum Gasteiger partial charge on any atom is -0.744 e. The van der Waals surface area contributed by atoms with E-state index in [1.54, 1.807) is 24.3 Å². The van der Waals surface area contributed by atoms with Gasteiger partial charge in [0.15, 0.2) is 12.3 Å². The lowest BCUT2D eigenvalue weighted by Gasteiger charge is -2.39. The number of hydrogen-bond donors (Lipinski definition) is 4. The first kappa shape index (κ1) is 54.8. The lowest BCUT2D eigenvalue weighted by atomic mass is 9.82. The summed E-state index contributed by atoms with van der Waals surface area (Å²) in [6.45, 7) is 8.48. The smallest absolute Gasteiger partial charge is 0.332 e. The number of benzene rings is 4. The molecule has 0 saturated carbocycles. The molecule has 0 atom stereocenters. The lowest BCUT2D eigenvalue weighted by Crippen LogP contribution is -2.45. The van der Waals surface area contributed by atoms with Crippen LogP contribution in [0.1, 0.15) is 111 Å². The largest absolute Gasteiger partial charge is 0.744 e. The molecule has 2 amide bonds. The van der Waals surface area contributed by atoms with Gasteiger partial charge in [-0.1, -0.05) is 26.3 Å². The number of hydrogen-bond acceptors (Lipinski definition) is 13. The number of fused-ring (bicyclic) bond motifs is 5. The minimum absolute atomic E-state index is 0.0157. The van der Waals surface area contributed by atoms with Gasteiger partial charge >= 0.3 is 5.69 Å². The molecule has 11 rings (SSSR count). The molecule has 0 saturated heterocycles. The Morgan fingerprint density at radius 2 is 1.49 bits per heavy atom. The van der Waals surface area contributed by atoms with Crippen molar-refractivity contribution < 1.29 is 40.5 Å². The van der Waals surface area contributed by atoms with Gasteiger partial charge in [0.2, 0.25) is 21.3 Å². The van der Waals surface area contributed by atoms with Crippen LogP contribution < -0.4 is 56.1 Å². The second kappa shape index (κ2) is 22.8. The highest BCUT2D eigenvalue weighted by atomic mass is 32.2. The van der Waals surface area contributed by atoms with E-state index >= 15 is 0 Å². The quantitative estimate of drug-likeness (QED) is 0.0454. The zero-order chi connectivity index (χ0) is 55.9. The number of carbonyl (C=O) groups is 2. The Kier molecular flexibility index (Phi) is 15.6. The van der Waals surface area contributed by atoms with E-state index in [0.717, 1.165) is 117 Å². The summed E-state index contributed by atoms with van der Waals surface area (Å²) in [5, 5.41) is 7.39. The summed E-state index contributed by atoms with van der Waals surface area (Å²) in [5.41, 5.74) is 7.56. The number of anilines is 1. The van der Waals surface area contributed by atoms with Crippen molar-refractivity contribution in [3.63, 3.8) is 0 Å². The number of aromatic amines is 1. The standard InChI is InChI=1S/C58H67N9O11S2/c1-3-26-66-56-50(57(70)67(27-4-2)58(66)71)62-55(63-56)36-17-19-39(20-18-36)77-35-48(69)60-25-24-59-47(68)16-6-5-7-23-61-79(72,73)40-21-22-41(46(34-40)80(74,75)76)49-44-32-37-12-8-28-64-30-10-14-42(51(37)64)53(44)78-54-43-15-11-31-65-29-9-13-38(52(43)65)33-45(49)54/h17-22,32-34,61H,3-16,23-31,35H2,1-2H3,(H3-,59,60,62,63,68,69,70,74,75,76). The van der Waals surface area contributed by atoms with Gasteiger partial charge in [-0.25, -0.2) is 35.9 Å². The number of aromatic nitrogens is 4. The first-order chi connectivity index (χ1) is 38.6. The predicted molar refractivity (Wildman–Crippen MR) is 300 cm³/mol. The summed E-state index contributed by atoms with van der Waals surface area (Å²) in [6, 6.07) is 14.8. The molecule has 4 N–H and O–H groups in total. The maximum absolute atomic E-state index is 13.8. The van der Waals surface area contributed by atoms with Crippen LogP contribution in [0.5, 0.6) is 17.2 Å². The first-order valence-corrected chi connectivity index (χ1v) is 31.1. The Balaban J connectivity index is 0.679. The van der Waals surface area contributed by atoms with Crippen molar-refractivity contribution in [1.82, 2.24) is 39.0 Å². The molecule has 0 radical (unpaired) electrons. The van der Waals surface area contributed by atoms with Crippen molar-refractivity contribution in [2.75, 3.05) is 57.3 Å². The van der Waals surface area contributed by atoms with Gasteiger partial charge in [0.25, 0.3) is 11.5 Å². The molecular weight excluding hydrogens is 1060 g/mol. The summed E-state index contributed by atoms with van der Waals surface area (Å²) in [7, 11) is -9.48. The fraction of sp³-hybridized carbons (Fsp3) is 0.448. The molecule has 5 aliphatic heterocycles. The van der Waals surface area contributed by atoms with Crippen molar-refractivity contribution >= 4 is 54.4 Å². The molecule has 5 aliphatic rings. The van der Waals surface area contributed by atoms with Crippen LogP contribution in [0, 0.1) is 0 Å². The summed E-state index contributed by atoms with van der Waals surface area (Å²) < 4.78 is 88.3. The number of imidazole rings is 1. The maximum Gasteiger partial charge on any atom is 0.332 e. The second-order valence-electron chi connectivity index (χ2n) is 21.4. The van der Waals surface area contributed by atoms with Crippen molar-refractivity contribution in [3.8, 4) is 28.6 Å². The van der Waals surface area contributed by atoms with Crippen LogP contribution in [-0.4, -0.2) is 105 Å². The third-order valence-corrected chi connectivity index (χ3v) is 18.2. The normalized spacial score (nSPS) is 15.4.